The maximum atomic E-state index is 10.4. The first kappa shape index (κ1) is 17.3. The first-order valence-corrected chi connectivity index (χ1v) is 9.05. The van der Waals surface area contributed by atoms with Gasteiger partial charge < -0.3 is 9.84 Å². The molecule has 5 heteroatoms. The standard InChI is InChI=1S/C20H25N3O2/c1-2-3-4-5-6-7-13-25-15-11-12-16(19(24)14-15)17-9-8-10-18-20(17)22-23-21-18/h8-12,14,24H,2-7,13H2,1H3,(H,21,22,23). The summed E-state index contributed by atoms with van der Waals surface area (Å²) in [6.45, 7) is 2.91. The van der Waals surface area contributed by atoms with E-state index in [0.29, 0.717) is 12.4 Å². The minimum Gasteiger partial charge on any atom is -0.507 e. The van der Waals surface area contributed by atoms with E-state index in [4.69, 9.17) is 4.74 Å². The molecule has 132 valence electrons. The molecule has 2 aromatic carbocycles. The summed E-state index contributed by atoms with van der Waals surface area (Å²) in [5.41, 5.74) is 3.18. The molecule has 3 aromatic rings. The van der Waals surface area contributed by atoms with Crippen molar-refractivity contribution < 1.29 is 9.84 Å². The van der Waals surface area contributed by atoms with Crippen molar-refractivity contribution in [2.24, 2.45) is 0 Å². The average Bonchev–Trinajstić information content (AvgIpc) is 3.10. The van der Waals surface area contributed by atoms with Crippen LogP contribution in [0.15, 0.2) is 36.4 Å². The van der Waals surface area contributed by atoms with Gasteiger partial charge in [-0.1, -0.05) is 56.4 Å². The highest BCUT2D eigenvalue weighted by atomic mass is 16.5. The van der Waals surface area contributed by atoms with Crippen molar-refractivity contribution in [3.8, 4) is 22.6 Å². The molecule has 0 saturated carbocycles. The van der Waals surface area contributed by atoms with Gasteiger partial charge in [-0.15, -0.1) is 5.10 Å². The first-order chi connectivity index (χ1) is 12.3. The largest absolute Gasteiger partial charge is 0.507 e. The Balaban J connectivity index is 1.61. The highest BCUT2D eigenvalue weighted by molar-refractivity contribution is 5.93. The van der Waals surface area contributed by atoms with Crippen LogP contribution in [-0.2, 0) is 0 Å². The predicted octanol–water partition coefficient (Wildman–Crippen LogP) is 5.07. The van der Waals surface area contributed by atoms with Crippen LogP contribution in [0.5, 0.6) is 11.5 Å². The number of rotatable bonds is 9. The van der Waals surface area contributed by atoms with Gasteiger partial charge in [0, 0.05) is 17.2 Å². The number of hydrogen-bond acceptors (Lipinski definition) is 4. The summed E-state index contributed by atoms with van der Waals surface area (Å²) in [7, 11) is 0. The summed E-state index contributed by atoms with van der Waals surface area (Å²) in [5.74, 6) is 0.887. The Morgan fingerprint density at radius 1 is 1.00 bits per heavy atom. The third kappa shape index (κ3) is 4.29. The summed E-state index contributed by atoms with van der Waals surface area (Å²) in [6.07, 6.45) is 7.39. The van der Waals surface area contributed by atoms with Crippen molar-refractivity contribution in [2.75, 3.05) is 6.61 Å². The number of nitrogens with one attached hydrogen (secondary N) is 1. The van der Waals surface area contributed by atoms with Crippen LogP contribution >= 0.6 is 0 Å². The van der Waals surface area contributed by atoms with E-state index in [9.17, 15) is 5.11 Å². The number of phenols is 1. The minimum atomic E-state index is 0.191. The number of unbranched alkanes of at least 4 members (excludes halogenated alkanes) is 5. The fourth-order valence-corrected chi connectivity index (χ4v) is 2.99. The summed E-state index contributed by atoms with van der Waals surface area (Å²) in [6, 6.07) is 11.2. The molecule has 0 aliphatic carbocycles. The van der Waals surface area contributed by atoms with Crippen LogP contribution in [0, 0.1) is 0 Å². The highest BCUT2D eigenvalue weighted by Gasteiger charge is 2.11. The van der Waals surface area contributed by atoms with Crippen LogP contribution in [0.1, 0.15) is 45.4 Å². The van der Waals surface area contributed by atoms with E-state index >= 15 is 0 Å². The molecule has 0 spiro atoms. The van der Waals surface area contributed by atoms with Gasteiger partial charge in [0.1, 0.15) is 17.0 Å². The molecule has 0 fully saturated rings. The van der Waals surface area contributed by atoms with Gasteiger partial charge in [0.05, 0.1) is 12.1 Å². The Labute approximate surface area is 148 Å². The van der Waals surface area contributed by atoms with E-state index in [1.807, 2.05) is 30.3 Å². The molecule has 0 bridgehead atoms. The Morgan fingerprint density at radius 2 is 1.84 bits per heavy atom. The topological polar surface area (TPSA) is 71.0 Å². The Kier molecular flexibility index (Phi) is 5.88. The number of aromatic nitrogens is 3. The Morgan fingerprint density at radius 3 is 2.68 bits per heavy atom. The molecule has 25 heavy (non-hydrogen) atoms. The Hall–Kier alpha value is -2.56. The van der Waals surface area contributed by atoms with Crippen LogP contribution in [-0.4, -0.2) is 27.1 Å². The number of benzene rings is 2. The fraction of sp³-hybridized carbons (Fsp3) is 0.400. The smallest absolute Gasteiger partial charge is 0.127 e. The number of nitrogens with zero attached hydrogens (tertiary/aromatic N) is 2. The van der Waals surface area contributed by atoms with Gasteiger partial charge in [-0.2, -0.15) is 0 Å². The first-order valence-electron chi connectivity index (χ1n) is 9.05. The molecule has 0 aliphatic heterocycles. The van der Waals surface area contributed by atoms with Gasteiger partial charge in [0.25, 0.3) is 0 Å². The molecule has 1 aromatic heterocycles. The molecule has 0 amide bonds. The third-order valence-corrected chi connectivity index (χ3v) is 4.38. The van der Waals surface area contributed by atoms with Crippen LogP contribution in [0.3, 0.4) is 0 Å². The van der Waals surface area contributed by atoms with Crippen molar-refractivity contribution in [2.45, 2.75) is 45.4 Å². The molecule has 0 unspecified atom stereocenters. The molecule has 0 saturated heterocycles. The van der Waals surface area contributed by atoms with Crippen molar-refractivity contribution >= 4 is 11.0 Å². The third-order valence-electron chi connectivity index (χ3n) is 4.38. The molecular weight excluding hydrogens is 314 g/mol. The van der Waals surface area contributed by atoms with Crippen molar-refractivity contribution in [3.05, 3.63) is 36.4 Å². The Bertz CT molecular complexity index is 814. The second-order valence-electron chi connectivity index (χ2n) is 6.31. The zero-order valence-corrected chi connectivity index (χ0v) is 14.7. The van der Waals surface area contributed by atoms with Crippen LogP contribution in [0.4, 0.5) is 0 Å². The van der Waals surface area contributed by atoms with Crippen LogP contribution < -0.4 is 4.74 Å². The maximum Gasteiger partial charge on any atom is 0.127 e. The fourth-order valence-electron chi connectivity index (χ4n) is 2.99. The number of H-pyrrole nitrogens is 1. The number of aromatic hydroxyl groups is 1. The predicted molar refractivity (Wildman–Crippen MR) is 99.9 cm³/mol. The average molecular weight is 339 g/mol. The lowest BCUT2D eigenvalue weighted by atomic mass is 10.0. The molecule has 2 N–H and O–H groups in total. The van der Waals surface area contributed by atoms with Gasteiger partial charge in [-0.25, -0.2) is 0 Å². The van der Waals surface area contributed by atoms with E-state index in [2.05, 4.69) is 22.3 Å². The van der Waals surface area contributed by atoms with Crippen LogP contribution in [0.25, 0.3) is 22.2 Å². The monoisotopic (exact) mass is 339 g/mol. The molecule has 5 nitrogen and oxygen atoms in total. The number of fused-ring (bicyclic) bond motifs is 1. The van der Waals surface area contributed by atoms with Crippen molar-refractivity contribution in [1.29, 1.82) is 0 Å². The SMILES string of the molecule is CCCCCCCCOc1ccc(-c2cccc3[nH]nnc23)c(O)c1. The number of ether oxygens (including phenoxy) is 1. The van der Waals surface area contributed by atoms with Gasteiger partial charge in [0.2, 0.25) is 0 Å². The van der Waals surface area contributed by atoms with E-state index in [1.165, 1.54) is 32.1 Å². The summed E-state index contributed by atoms with van der Waals surface area (Å²) < 4.78 is 5.76. The van der Waals surface area contributed by atoms with E-state index in [1.54, 1.807) is 6.07 Å². The minimum absolute atomic E-state index is 0.191. The van der Waals surface area contributed by atoms with Crippen molar-refractivity contribution in [1.82, 2.24) is 15.4 Å². The van der Waals surface area contributed by atoms with Gasteiger partial charge in [-0.05, 0) is 24.6 Å². The zero-order chi connectivity index (χ0) is 17.5. The van der Waals surface area contributed by atoms with E-state index < -0.39 is 0 Å². The summed E-state index contributed by atoms with van der Waals surface area (Å²) >= 11 is 0. The van der Waals surface area contributed by atoms with Gasteiger partial charge in [-0.3, -0.25) is 5.10 Å². The summed E-state index contributed by atoms with van der Waals surface area (Å²) in [5, 5.41) is 21.2. The maximum absolute atomic E-state index is 10.4. The molecular formula is C20H25N3O2. The zero-order valence-electron chi connectivity index (χ0n) is 14.7. The highest BCUT2D eigenvalue weighted by Crippen LogP contribution is 2.35. The van der Waals surface area contributed by atoms with E-state index in [0.717, 1.165) is 28.6 Å². The van der Waals surface area contributed by atoms with Crippen molar-refractivity contribution in [3.63, 3.8) is 0 Å². The molecule has 0 atom stereocenters. The number of aromatic amines is 1. The second kappa shape index (κ2) is 8.51. The molecule has 0 aliphatic rings. The lowest BCUT2D eigenvalue weighted by molar-refractivity contribution is 0.303. The number of hydrogen-bond donors (Lipinski definition) is 2. The summed E-state index contributed by atoms with van der Waals surface area (Å²) in [4.78, 5) is 0. The lowest BCUT2D eigenvalue weighted by Crippen LogP contribution is -1.97. The lowest BCUT2D eigenvalue weighted by Gasteiger charge is -2.10. The van der Waals surface area contributed by atoms with Crippen LogP contribution in [0.2, 0.25) is 0 Å². The van der Waals surface area contributed by atoms with Gasteiger partial charge >= 0.3 is 0 Å². The molecule has 0 radical (unpaired) electrons. The van der Waals surface area contributed by atoms with E-state index in [-0.39, 0.29) is 5.75 Å². The molecule has 3 rings (SSSR count). The van der Waals surface area contributed by atoms with Gasteiger partial charge in [0.15, 0.2) is 0 Å². The second-order valence-corrected chi connectivity index (χ2v) is 6.31. The number of phenolic OH excluding ortho intramolecular Hbond substituents is 1. The molecule has 1 heterocycles. The quantitative estimate of drug-likeness (QED) is 0.534. The normalized spacial score (nSPS) is 11.1.